The van der Waals surface area contributed by atoms with Crippen LogP contribution in [-0.2, 0) is 0 Å². The molecule has 2 heterocycles. The third kappa shape index (κ3) is 3.64. The molecular weight excluding hydrogens is 304 g/mol. The zero-order valence-corrected chi connectivity index (χ0v) is 14.0. The van der Waals surface area contributed by atoms with E-state index in [1.165, 1.54) is 19.0 Å². The largest absolute Gasteiger partial charge is 0.481 e. The van der Waals surface area contributed by atoms with Crippen molar-refractivity contribution in [2.45, 2.75) is 25.8 Å². The van der Waals surface area contributed by atoms with Crippen molar-refractivity contribution >= 4 is 11.8 Å². The van der Waals surface area contributed by atoms with Gasteiger partial charge in [-0.15, -0.1) is 0 Å². The molecule has 0 bridgehead atoms. The normalized spacial score (nSPS) is 20.5. The molecule has 2 atom stereocenters. The molecule has 2 amide bonds. The molecule has 1 saturated heterocycles. The van der Waals surface area contributed by atoms with E-state index in [9.17, 15) is 4.79 Å². The van der Waals surface area contributed by atoms with Gasteiger partial charge in [0, 0.05) is 12.6 Å². The Hall–Kier alpha value is -2.63. The maximum absolute atomic E-state index is 12.8. The Morgan fingerprint density at radius 3 is 2.79 bits per heavy atom. The number of benzene rings is 1. The SMILES string of the molecule is COc1cc(NC(=O)N2CC(C)CCC2c2ccccc2)ncn1. The minimum Gasteiger partial charge on any atom is -0.481 e. The highest BCUT2D eigenvalue weighted by Crippen LogP contribution is 2.33. The second-order valence-corrected chi connectivity index (χ2v) is 6.14. The third-order valence-corrected chi connectivity index (χ3v) is 4.35. The van der Waals surface area contributed by atoms with E-state index in [4.69, 9.17) is 4.74 Å². The van der Waals surface area contributed by atoms with E-state index in [-0.39, 0.29) is 12.1 Å². The van der Waals surface area contributed by atoms with Crippen LogP contribution in [0.2, 0.25) is 0 Å². The number of likely N-dealkylation sites (tertiary alicyclic amines) is 1. The fourth-order valence-corrected chi connectivity index (χ4v) is 3.10. The summed E-state index contributed by atoms with van der Waals surface area (Å²) in [6.07, 6.45) is 3.46. The predicted octanol–water partition coefficient (Wildman–Crippen LogP) is 3.49. The van der Waals surface area contributed by atoms with Crippen LogP contribution < -0.4 is 10.1 Å². The Kier molecular flexibility index (Phi) is 4.93. The molecule has 1 fully saturated rings. The Labute approximate surface area is 141 Å². The number of anilines is 1. The standard InChI is InChI=1S/C18H22N4O2/c1-13-8-9-15(14-6-4-3-5-7-14)22(11-13)18(23)21-16-10-17(24-2)20-12-19-16/h3-7,10,12-13,15H,8-9,11H2,1-2H3,(H,19,20,21,23). The lowest BCUT2D eigenvalue weighted by atomic mass is 9.90. The van der Waals surface area contributed by atoms with Gasteiger partial charge in [0.15, 0.2) is 0 Å². The highest BCUT2D eigenvalue weighted by Gasteiger charge is 2.31. The monoisotopic (exact) mass is 326 g/mol. The molecule has 0 aliphatic carbocycles. The Morgan fingerprint density at radius 1 is 1.25 bits per heavy atom. The summed E-state index contributed by atoms with van der Waals surface area (Å²) in [6.45, 7) is 2.91. The number of rotatable bonds is 3. The summed E-state index contributed by atoms with van der Waals surface area (Å²) in [5.74, 6) is 1.35. The van der Waals surface area contributed by atoms with Gasteiger partial charge in [-0.1, -0.05) is 37.3 Å². The molecule has 1 N–H and O–H groups in total. The van der Waals surface area contributed by atoms with Crippen molar-refractivity contribution in [1.29, 1.82) is 0 Å². The molecule has 0 radical (unpaired) electrons. The summed E-state index contributed by atoms with van der Waals surface area (Å²) < 4.78 is 5.07. The molecule has 2 unspecified atom stereocenters. The van der Waals surface area contributed by atoms with Crippen molar-refractivity contribution < 1.29 is 9.53 Å². The second kappa shape index (κ2) is 7.29. The molecule has 1 aliphatic heterocycles. The fourth-order valence-electron chi connectivity index (χ4n) is 3.10. The molecule has 1 aromatic heterocycles. The van der Waals surface area contributed by atoms with Crippen LogP contribution in [0.1, 0.15) is 31.4 Å². The topological polar surface area (TPSA) is 67.3 Å². The van der Waals surface area contributed by atoms with E-state index in [0.717, 1.165) is 19.4 Å². The molecule has 6 nitrogen and oxygen atoms in total. The number of ether oxygens (including phenoxy) is 1. The molecule has 3 rings (SSSR count). The van der Waals surface area contributed by atoms with Crippen molar-refractivity contribution in [1.82, 2.24) is 14.9 Å². The van der Waals surface area contributed by atoms with Gasteiger partial charge in [-0.2, -0.15) is 0 Å². The second-order valence-electron chi connectivity index (χ2n) is 6.14. The van der Waals surface area contributed by atoms with Crippen LogP contribution >= 0.6 is 0 Å². The van der Waals surface area contributed by atoms with Crippen LogP contribution in [0.3, 0.4) is 0 Å². The van der Waals surface area contributed by atoms with E-state index in [2.05, 4.69) is 34.3 Å². The summed E-state index contributed by atoms with van der Waals surface area (Å²) in [7, 11) is 1.53. The first-order chi connectivity index (χ1) is 11.7. The van der Waals surface area contributed by atoms with E-state index >= 15 is 0 Å². The van der Waals surface area contributed by atoms with Crippen LogP contribution in [0.5, 0.6) is 5.88 Å². The number of piperidine rings is 1. The summed E-state index contributed by atoms with van der Waals surface area (Å²) >= 11 is 0. The minimum atomic E-state index is -0.142. The molecule has 126 valence electrons. The fraction of sp³-hybridized carbons (Fsp3) is 0.389. The van der Waals surface area contributed by atoms with E-state index < -0.39 is 0 Å². The maximum Gasteiger partial charge on any atom is 0.323 e. The first kappa shape index (κ1) is 16.2. The number of carbonyl (C=O) groups excluding carboxylic acids is 1. The van der Waals surface area contributed by atoms with E-state index in [0.29, 0.717) is 17.6 Å². The lowest BCUT2D eigenvalue weighted by Gasteiger charge is -2.38. The molecule has 0 saturated carbocycles. The lowest BCUT2D eigenvalue weighted by Crippen LogP contribution is -2.44. The highest BCUT2D eigenvalue weighted by molar-refractivity contribution is 5.88. The average molecular weight is 326 g/mol. The summed E-state index contributed by atoms with van der Waals surface area (Å²) in [6, 6.07) is 11.7. The summed E-state index contributed by atoms with van der Waals surface area (Å²) in [4.78, 5) is 22.8. The van der Waals surface area contributed by atoms with Crippen molar-refractivity contribution in [3.8, 4) is 5.88 Å². The molecule has 24 heavy (non-hydrogen) atoms. The van der Waals surface area contributed by atoms with Gasteiger partial charge in [-0.25, -0.2) is 14.8 Å². The average Bonchev–Trinajstić information content (AvgIpc) is 2.62. The quantitative estimate of drug-likeness (QED) is 0.937. The van der Waals surface area contributed by atoms with Crippen molar-refractivity contribution in [3.63, 3.8) is 0 Å². The van der Waals surface area contributed by atoms with Gasteiger partial charge >= 0.3 is 6.03 Å². The van der Waals surface area contributed by atoms with Gasteiger partial charge in [0.1, 0.15) is 12.1 Å². The number of aromatic nitrogens is 2. The van der Waals surface area contributed by atoms with Crippen LogP contribution in [0.25, 0.3) is 0 Å². The Bertz CT molecular complexity index is 692. The van der Waals surface area contributed by atoms with Gasteiger partial charge in [-0.3, -0.25) is 5.32 Å². The van der Waals surface area contributed by atoms with Crippen molar-refractivity contribution in [3.05, 3.63) is 48.3 Å². The Balaban J connectivity index is 1.79. The predicted molar refractivity (Wildman–Crippen MR) is 91.9 cm³/mol. The zero-order chi connectivity index (χ0) is 16.9. The smallest absolute Gasteiger partial charge is 0.323 e. The number of urea groups is 1. The minimum absolute atomic E-state index is 0.0890. The van der Waals surface area contributed by atoms with Gasteiger partial charge < -0.3 is 9.64 Å². The molecule has 2 aromatic rings. The number of amides is 2. The highest BCUT2D eigenvalue weighted by atomic mass is 16.5. The number of methoxy groups -OCH3 is 1. The molecule has 0 spiro atoms. The van der Waals surface area contributed by atoms with E-state index in [1.807, 2.05) is 23.1 Å². The first-order valence-electron chi connectivity index (χ1n) is 8.16. The molecular formula is C18H22N4O2. The van der Waals surface area contributed by atoms with Crippen LogP contribution in [-0.4, -0.2) is 34.6 Å². The van der Waals surface area contributed by atoms with Gasteiger partial charge in [0.2, 0.25) is 5.88 Å². The van der Waals surface area contributed by atoms with Crippen LogP contribution in [0.4, 0.5) is 10.6 Å². The maximum atomic E-state index is 12.8. The Morgan fingerprint density at radius 2 is 2.04 bits per heavy atom. The number of carbonyl (C=O) groups is 1. The molecule has 1 aromatic carbocycles. The van der Waals surface area contributed by atoms with Crippen LogP contribution in [0.15, 0.2) is 42.7 Å². The van der Waals surface area contributed by atoms with Crippen molar-refractivity contribution in [2.75, 3.05) is 19.0 Å². The third-order valence-electron chi connectivity index (χ3n) is 4.35. The lowest BCUT2D eigenvalue weighted by molar-refractivity contribution is 0.139. The van der Waals surface area contributed by atoms with Crippen LogP contribution in [0, 0.1) is 5.92 Å². The number of hydrogen-bond acceptors (Lipinski definition) is 4. The molecule has 1 aliphatic rings. The summed E-state index contributed by atoms with van der Waals surface area (Å²) in [5.41, 5.74) is 1.17. The van der Waals surface area contributed by atoms with Gasteiger partial charge in [0.05, 0.1) is 13.2 Å². The van der Waals surface area contributed by atoms with Gasteiger partial charge in [-0.05, 0) is 24.3 Å². The first-order valence-corrected chi connectivity index (χ1v) is 8.16. The van der Waals surface area contributed by atoms with Crippen molar-refractivity contribution in [2.24, 2.45) is 5.92 Å². The number of hydrogen-bond donors (Lipinski definition) is 1. The number of nitrogens with one attached hydrogen (secondary N) is 1. The van der Waals surface area contributed by atoms with Gasteiger partial charge in [0.25, 0.3) is 0 Å². The van der Waals surface area contributed by atoms with E-state index in [1.54, 1.807) is 6.07 Å². The molecule has 6 heteroatoms. The number of nitrogens with zero attached hydrogens (tertiary/aromatic N) is 3. The zero-order valence-electron chi connectivity index (χ0n) is 14.0. The summed E-state index contributed by atoms with van der Waals surface area (Å²) in [5, 5.41) is 2.86.